The maximum Gasteiger partial charge on any atom is 1.00 e. The Hall–Kier alpha value is -1.09. The molecule has 1 N–H and O–H groups in total. The second kappa shape index (κ2) is 9.21. The van der Waals surface area contributed by atoms with Crippen LogP contribution in [0.25, 0.3) is 0 Å². The van der Waals surface area contributed by atoms with E-state index < -0.39 is 10.3 Å². The molecule has 2 aromatic carbocycles. The zero-order valence-corrected chi connectivity index (χ0v) is 18.0. The predicted octanol–water partition coefficient (Wildman–Crippen LogP) is -0.807. The summed E-state index contributed by atoms with van der Waals surface area (Å²) in [5, 5.41) is 0. The van der Waals surface area contributed by atoms with Crippen LogP contribution in [0.4, 0.5) is 11.4 Å². The fourth-order valence-corrected chi connectivity index (χ4v) is 3.54. The molecule has 3 rings (SSSR count). The van der Waals surface area contributed by atoms with E-state index in [-0.39, 0.29) is 35.2 Å². The summed E-state index contributed by atoms with van der Waals surface area (Å²) in [5.41, 5.74) is 3.94. The first kappa shape index (κ1) is 21.2. The summed E-state index contributed by atoms with van der Waals surface area (Å²) in [6, 6.07) is 15.5. The molecule has 8 heteroatoms. The van der Waals surface area contributed by atoms with Gasteiger partial charge in [-0.25, -0.2) is 8.42 Å². The number of hydrogen-bond acceptors (Lipinski definition) is 5. The van der Waals surface area contributed by atoms with Crippen molar-refractivity contribution in [1.82, 2.24) is 4.90 Å². The Kier molecular flexibility index (Phi) is 7.52. The average molecular weight is 383 g/mol. The molecule has 1 heterocycles. The van der Waals surface area contributed by atoms with Crippen molar-refractivity contribution in [2.45, 2.75) is 13.5 Å². The Bertz CT molecular complexity index is 820. The molecule has 6 nitrogen and oxygen atoms in total. The van der Waals surface area contributed by atoms with E-state index in [1.807, 2.05) is 16.9 Å². The SMILES string of the molecule is Cc1cccc(CN2CCN(c3ccc(NS(=O)(=O)[O-])cc3)CC2)c1.[Na+]. The molecule has 0 spiro atoms. The van der Waals surface area contributed by atoms with Crippen molar-refractivity contribution in [3.8, 4) is 0 Å². The van der Waals surface area contributed by atoms with Gasteiger partial charge < -0.3 is 9.45 Å². The van der Waals surface area contributed by atoms with Gasteiger partial charge in [-0.05, 0) is 36.8 Å². The monoisotopic (exact) mass is 383 g/mol. The van der Waals surface area contributed by atoms with Gasteiger partial charge in [-0.3, -0.25) is 9.62 Å². The second-order valence-corrected chi connectivity index (χ2v) is 7.47. The van der Waals surface area contributed by atoms with Gasteiger partial charge in [0.15, 0.2) is 10.3 Å². The minimum atomic E-state index is -4.48. The molecule has 0 amide bonds. The number of piperazine rings is 1. The van der Waals surface area contributed by atoms with Crippen molar-refractivity contribution in [2.75, 3.05) is 35.8 Å². The van der Waals surface area contributed by atoms with E-state index in [0.717, 1.165) is 38.4 Å². The Balaban J connectivity index is 0.00000243. The van der Waals surface area contributed by atoms with Crippen molar-refractivity contribution in [2.24, 2.45) is 0 Å². The zero-order valence-electron chi connectivity index (χ0n) is 15.2. The number of hydrogen-bond donors (Lipinski definition) is 1. The number of nitrogens with zero attached hydrogens (tertiary/aromatic N) is 2. The molecular formula is C18H22N3NaO3S. The third-order valence-electron chi connectivity index (χ3n) is 4.34. The maximum atomic E-state index is 10.7. The van der Waals surface area contributed by atoms with Gasteiger partial charge in [0.1, 0.15) is 0 Å². The van der Waals surface area contributed by atoms with Gasteiger partial charge in [-0.15, -0.1) is 0 Å². The molecule has 2 aromatic rings. The van der Waals surface area contributed by atoms with Gasteiger partial charge in [0.25, 0.3) is 0 Å². The molecule has 0 atom stereocenters. The summed E-state index contributed by atoms with van der Waals surface area (Å²) in [4.78, 5) is 4.70. The number of aryl methyl sites for hydroxylation is 1. The fraction of sp³-hybridized carbons (Fsp3) is 0.333. The van der Waals surface area contributed by atoms with Gasteiger partial charge in [0, 0.05) is 44.1 Å². The zero-order chi connectivity index (χ0) is 17.9. The van der Waals surface area contributed by atoms with Crippen molar-refractivity contribution in [3.05, 3.63) is 59.7 Å². The van der Waals surface area contributed by atoms with Crippen molar-refractivity contribution >= 4 is 21.7 Å². The molecule has 1 aliphatic rings. The van der Waals surface area contributed by atoms with Gasteiger partial charge in [-0.2, -0.15) is 0 Å². The number of benzene rings is 2. The second-order valence-electron chi connectivity index (χ2n) is 6.36. The molecule has 1 fully saturated rings. The summed E-state index contributed by atoms with van der Waals surface area (Å²) in [5.74, 6) is 0. The third kappa shape index (κ3) is 6.26. The van der Waals surface area contributed by atoms with E-state index in [2.05, 4.69) is 41.0 Å². The summed E-state index contributed by atoms with van der Waals surface area (Å²) < 4.78 is 34.1. The summed E-state index contributed by atoms with van der Waals surface area (Å²) in [7, 11) is -4.48. The topological polar surface area (TPSA) is 75.7 Å². The van der Waals surface area contributed by atoms with Crippen LogP contribution in [0.2, 0.25) is 0 Å². The predicted molar refractivity (Wildman–Crippen MR) is 98.4 cm³/mol. The van der Waals surface area contributed by atoms with E-state index in [9.17, 15) is 13.0 Å². The molecule has 0 aliphatic carbocycles. The fourth-order valence-electron chi connectivity index (χ4n) is 3.12. The van der Waals surface area contributed by atoms with Crippen LogP contribution < -0.4 is 39.2 Å². The summed E-state index contributed by atoms with van der Waals surface area (Å²) in [6.07, 6.45) is 0. The molecule has 26 heavy (non-hydrogen) atoms. The van der Waals surface area contributed by atoms with Crippen molar-refractivity contribution in [1.29, 1.82) is 0 Å². The molecule has 134 valence electrons. The minimum absolute atomic E-state index is 0. The Morgan fingerprint density at radius 1 is 1.04 bits per heavy atom. The largest absolute Gasteiger partial charge is 1.00 e. The van der Waals surface area contributed by atoms with Gasteiger partial charge >= 0.3 is 29.6 Å². The summed E-state index contributed by atoms with van der Waals surface area (Å²) >= 11 is 0. The van der Waals surface area contributed by atoms with Crippen molar-refractivity contribution in [3.63, 3.8) is 0 Å². The number of rotatable bonds is 5. The Morgan fingerprint density at radius 2 is 1.69 bits per heavy atom. The van der Waals surface area contributed by atoms with E-state index in [1.165, 1.54) is 11.1 Å². The minimum Gasteiger partial charge on any atom is -0.731 e. The molecule has 0 aromatic heterocycles. The van der Waals surface area contributed by atoms with Gasteiger partial charge in [-0.1, -0.05) is 29.8 Å². The van der Waals surface area contributed by atoms with Gasteiger partial charge in [0.05, 0.1) is 0 Å². The van der Waals surface area contributed by atoms with Crippen LogP contribution >= 0.6 is 0 Å². The molecule has 0 bridgehead atoms. The quantitative estimate of drug-likeness (QED) is 0.540. The summed E-state index contributed by atoms with van der Waals surface area (Å²) in [6.45, 7) is 6.85. The molecule has 0 saturated carbocycles. The van der Waals surface area contributed by atoms with Crippen LogP contribution in [-0.2, 0) is 16.8 Å². The average Bonchev–Trinajstić information content (AvgIpc) is 2.55. The molecule has 1 saturated heterocycles. The Labute approximate surface area is 177 Å². The number of anilines is 2. The third-order valence-corrected chi connectivity index (χ3v) is 4.82. The number of nitrogens with one attached hydrogen (secondary N) is 1. The molecule has 0 unspecified atom stereocenters. The first-order valence-corrected chi connectivity index (χ1v) is 9.66. The van der Waals surface area contributed by atoms with Crippen molar-refractivity contribution < 1.29 is 42.5 Å². The van der Waals surface area contributed by atoms with Crippen LogP contribution in [0.15, 0.2) is 48.5 Å². The van der Waals surface area contributed by atoms with Gasteiger partial charge in [0.2, 0.25) is 0 Å². The van der Waals surface area contributed by atoms with Crippen LogP contribution in [0.3, 0.4) is 0 Å². The maximum absolute atomic E-state index is 10.7. The molecule has 0 radical (unpaired) electrons. The first-order valence-electron chi connectivity index (χ1n) is 8.26. The van der Waals surface area contributed by atoms with Crippen LogP contribution in [-0.4, -0.2) is 44.0 Å². The molecular weight excluding hydrogens is 361 g/mol. The Morgan fingerprint density at radius 3 is 2.27 bits per heavy atom. The van der Waals surface area contributed by atoms with E-state index in [1.54, 1.807) is 12.1 Å². The van der Waals surface area contributed by atoms with Crippen LogP contribution in [0, 0.1) is 6.92 Å². The van der Waals surface area contributed by atoms with Crippen LogP contribution in [0.1, 0.15) is 11.1 Å². The van der Waals surface area contributed by atoms with E-state index in [4.69, 9.17) is 0 Å². The van der Waals surface area contributed by atoms with Crippen LogP contribution in [0.5, 0.6) is 0 Å². The standard InChI is InChI=1S/C18H23N3O3S.Na/c1-15-3-2-4-16(13-15)14-20-9-11-21(12-10-20)18-7-5-17(6-8-18)19-25(22,23)24;/h2-8,13,19H,9-12,14H2,1H3,(H,22,23,24);/q;+1/p-1. The van der Waals surface area contributed by atoms with E-state index in [0.29, 0.717) is 0 Å². The normalized spacial score (nSPS) is 15.4. The first-order chi connectivity index (χ1) is 11.9. The molecule has 1 aliphatic heterocycles. The smallest absolute Gasteiger partial charge is 0.731 e. The van der Waals surface area contributed by atoms with E-state index >= 15 is 0 Å².